The Kier molecular flexibility index (Phi) is 4.67. The maximum absolute atomic E-state index is 13.4. The molecule has 114 valence electrons. The van der Waals surface area contributed by atoms with Gasteiger partial charge in [-0.1, -0.05) is 13.0 Å². The first kappa shape index (κ1) is 15.6. The molecule has 21 heavy (non-hydrogen) atoms. The van der Waals surface area contributed by atoms with Gasteiger partial charge >= 0.3 is 6.18 Å². The Bertz CT molecular complexity index is 578. The fraction of sp³-hybridized carbons (Fsp3) is 0.333. The normalized spacial score (nSPS) is 13.4. The highest BCUT2D eigenvalue weighted by Gasteiger charge is 2.35. The van der Waals surface area contributed by atoms with E-state index in [2.05, 4.69) is 5.32 Å². The lowest BCUT2D eigenvalue weighted by Gasteiger charge is -2.18. The number of furan rings is 1. The first-order chi connectivity index (χ1) is 9.93. The van der Waals surface area contributed by atoms with Crippen LogP contribution in [0.15, 0.2) is 41.0 Å². The predicted octanol–water partition coefficient (Wildman–Crippen LogP) is 4.53. The molecule has 0 aliphatic rings. The fourth-order valence-electron chi connectivity index (χ4n) is 2.07. The second-order valence-corrected chi connectivity index (χ2v) is 4.64. The molecule has 0 saturated heterocycles. The Balaban J connectivity index is 2.41. The van der Waals surface area contributed by atoms with E-state index in [0.717, 1.165) is 18.6 Å². The van der Waals surface area contributed by atoms with Crippen LogP contribution in [0.1, 0.15) is 36.3 Å². The molecule has 0 spiro atoms. The first-order valence-corrected chi connectivity index (χ1v) is 6.57. The van der Waals surface area contributed by atoms with Crippen molar-refractivity contribution >= 4 is 0 Å². The first-order valence-electron chi connectivity index (χ1n) is 6.57. The standard InChI is InChI=1S/C15H15F4NO/c1-2-7-20-14(13-4-3-8-21-13)10-5-6-12(16)11(9-10)15(17,18)19/h3-6,8-9,14,20H,2,7H2,1H3. The van der Waals surface area contributed by atoms with Crippen LogP contribution in [0.4, 0.5) is 17.6 Å². The van der Waals surface area contributed by atoms with Gasteiger partial charge in [0.1, 0.15) is 11.6 Å². The Morgan fingerprint density at radius 3 is 2.57 bits per heavy atom. The molecule has 2 rings (SSSR count). The minimum Gasteiger partial charge on any atom is -0.467 e. The van der Waals surface area contributed by atoms with E-state index >= 15 is 0 Å². The van der Waals surface area contributed by atoms with Crippen LogP contribution in [-0.2, 0) is 6.18 Å². The van der Waals surface area contributed by atoms with Gasteiger partial charge in [0.15, 0.2) is 0 Å². The summed E-state index contributed by atoms with van der Waals surface area (Å²) < 4.78 is 57.0. The van der Waals surface area contributed by atoms with Crippen LogP contribution in [0.2, 0.25) is 0 Å². The number of alkyl halides is 3. The Labute approximate surface area is 119 Å². The third-order valence-electron chi connectivity index (χ3n) is 3.06. The third-order valence-corrected chi connectivity index (χ3v) is 3.06. The van der Waals surface area contributed by atoms with Gasteiger partial charge < -0.3 is 9.73 Å². The summed E-state index contributed by atoms with van der Waals surface area (Å²) >= 11 is 0. The average molecular weight is 301 g/mol. The molecule has 6 heteroatoms. The number of halogens is 4. The summed E-state index contributed by atoms with van der Waals surface area (Å²) in [4.78, 5) is 0. The highest BCUT2D eigenvalue weighted by Crippen LogP contribution is 2.34. The molecule has 0 bridgehead atoms. The highest BCUT2D eigenvalue weighted by atomic mass is 19.4. The molecule has 0 fully saturated rings. The molecule has 0 saturated carbocycles. The van der Waals surface area contributed by atoms with Gasteiger partial charge in [0.25, 0.3) is 0 Å². The van der Waals surface area contributed by atoms with E-state index in [1.54, 1.807) is 12.1 Å². The third kappa shape index (κ3) is 3.64. The second kappa shape index (κ2) is 6.30. The smallest absolute Gasteiger partial charge is 0.419 e. The Morgan fingerprint density at radius 2 is 2.00 bits per heavy atom. The van der Waals surface area contributed by atoms with Crippen molar-refractivity contribution in [1.29, 1.82) is 0 Å². The van der Waals surface area contributed by atoms with Crippen LogP contribution in [0.5, 0.6) is 0 Å². The molecule has 1 aromatic heterocycles. The van der Waals surface area contributed by atoms with Gasteiger partial charge in [0.05, 0.1) is 17.9 Å². The molecule has 0 amide bonds. The predicted molar refractivity (Wildman–Crippen MR) is 70.2 cm³/mol. The van der Waals surface area contributed by atoms with Crippen LogP contribution >= 0.6 is 0 Å². The van der Waals surface area contributed by atoms with Crippen LogP contribution in [-0.4, -0.2) is 6.54 Å². The van der Waals surface area contributed by atoms with Crippen LogP contribution in [0.25, 0.3) is 0 Å². The van der Waals surface area contributed by atoms with Crippen molar-refractivity contribution in [2.45, 2.75) is 25.6 Å². The van der Waals surface area contributed by atoms with Crippen molar-refractivity contribution in [3.05, 3.63) is 59.3 Å². The Hall–Kier alpha value is -1.82. The number of nitrogens with one attached hydrogen (secondary N) is 1. The molecule has 1 atom stereocenters. The molecule has 0 radical (unpaired) electrons. The number of benzene rings is 1. The van der Waals surface area contributed by atoms with E-state index in [1.165, 1.54) is 12.3 Å². The van der Waals surface area contributed by atoms with E-state index in [9.17, 15) is 17.6 Å². The van der Waals surface area contributed by atoms with Gasteiger partial charge in [-0.15, -0.1) is 0 Å². The summed E-state index contributed by atoms with van der Waals surface area (Å²) in [5, 5.41) is 3.10. The summed E-state index contributed by atoms with van der Waals surface area (Å²) in [6, 6.07) is 5.78. The molecule has 1 N–H and O–H groups in total. The summed E-state index contributed by atoms with van der Waals surface area (Å²) in [7, 11) is 0. The zero-order chi connectivity index (χ0) is 15.5. The van der Waals surface area contributed by atoms with Crippen molar-refractivity contribution in [3.63, 3.8) is 0 Å². The molecular weight excluding hydrogens is 286 g/mol. The summed E-state index contributed by atoms with van der Waals surface area (Å²) in [5.74, 6) is -0.789. The topological polar surface area (TPSA) is 25.2 Å². The lowest BCUT2D eigenvalue weighted by Crippen LogP contribution is -2.23. The molecule has 1 heterocycles. The molecule has 0 aliphatic carbocycles. The number of hydrogen-bond acceptors (Lipinski definition) is 2. The number of rotatable bonds is 5. The van der Waals surface area contributed by atoms with Gasteiger partial charge in [-0.05, 0) is 42.8 Å². The average Bonchev–Trinajstić information content (AvgIpc) is 2.93. The molecule has 2 aromatic rings. The summed E-state index contributed by atoms with van der Waals surface area (Å²) in [5.41, 5.74) is -0.957. The monoisotopic (exact) mass is 301 g/mol. The molecule has 1 unspecified atom stereocenters. The van der Waals surface area contributed by atoms with Gasteiger partial charge in [-0.2, -0.15) is 13.2 Å². The molecule has 1 aromatic carbocycles. The lowest BCUT2D eigenvalue weighted by atomic mass is 10.0. The quantitative estimate of drug-likeness (QED) is 0.821. The molecular formula is C15H15F4NO. The summed E-state index contributed by atoms with van der Waals surface area (Å²) in [6.45, 7) is 2.54. The van der Waals surface area contributed by atoms with E-state index in [4.69, 9.17) is 4.42 Å². The van der Waals surface area contributed by atoms with Crippen molar-refractivity contribution in [1.82, 2.24) is 5.32 Å². The van der Waals surface area contributed by atoms with Crippen LogP contribution in [0, 0.1) is 5.82 Å². The van der Waals surface area contributed by atoms with Crippen LogP contribution < -0.4 is 5.32 Å². The largest absolute Gasteiger partial charge is 0.467 e. The van der Waals surface area contributed by atoms with Gasteiger partial charge in [-0.25, -0.2) is 4.39 Å². The second-order valence-electron chi connectivity index (χ2n) is 4.64. The maximum Gasteiger partial charge on any atom is 0.419 e. The van der Waals surface area contributed by atoms with Crippen molar-refractivity contribution in [2.24, 2.45) is 0 Å². The highest BCUT2D eigenvalue weighted by molar-refractivity contribution is 5.33. The van der Waals surface area contributed by atoms with E-state index in [1.807, 2.05) is 6.92 Å². The van der Waals surface area contributed by atoms with E-state index < -0.39 is 23.6 Å². The van der Waals surface area contributed by atoms with Gasteiger partial charge in [0, 0.05) is 0 Å². The molecule has 2 nitrogen and oxygen atoms in total. The van der Waals surface area contributed by atoms with E-state index in [-0.39, 0.29) is 0 Å². The van der Waals surface area contributed by atoms with Crippen LogP contribution in [0.3, 0.4) is 0 Å². The minimum absolute atomic E-state index is 0.312. The Morgan fingerprint density at radius 1 is 1.24 bits per heavy atom. The SMILES string of the molecule is CCCNC(c1ccc(F)c(C(F)(F)F)c1)c1ccco1. The minimum atomic E-state index is -4.72. The zero-order valence-corrected chi connectivity index (χ0v) is 11.4. The fourth-order valence-corrected chi connectivity index (χ4v) is 2.07. The number of hydrogen-bond donors (Lipinski definition) is 1. The van der Waals surface area contributed by atoms with E-state index in [0.29, 0.717) is 17.9 Å². The lowest BCUT2D eigenvalue weighted by molar-refractivity contribution is -0.140. The van der Waals surface area contributed by atoms with Crippen molar-refractivity contribution < 1.29 is 22.0 Å². The van der Waals surface area contributed by atoms with Crippen molar-refractivity contribution in [2.75, 3.05) is 6.54 Å². The zero-order valence-electron chi connectivity index (χ0n) is 11.4. The van der Waals surface area contributed by atoms with Gasteiger partial charge in [-0.3, -0.25) is 0 Å². The maximum atomic E-state index is 13.4. The van der Waals surface area contributed by atoms with Crippen molar-refractivity contribution in [3.8, 4) is 0 Å². The summed E-state index contributed by atoms with van der Waals surface area (Å²) in [6.07, 6.45) is -2.47. The molecule has 0 aliphatic heterocycles. The van der Waals surface area contributed by atoms with Gasteiger partial charge in [0.2, 0.25) is 0 Å².